The fraction of sp³-hybridized carbons (Fsp3) is 0.0909. The molecule has 0 bridgehead atoms. The van der Waals surface area contributed by atoms with Crippen LogP contribution in [0.3, 0.4) is 0 Å². The molecule has 2 N–H and O–H groups in total. The molecule has 0 spiro atoms. The molecule has 0 atom stereocenters. The van der Waals surface area contributed by atoms with Crippen LogP contribution >= 0.6 is 0 Å². The van der Waals surface area contributed by atoms with E-state index in [1.54, 1.807) is 31.4 Å². The number of carbonyl (C=O) groups is 2. The lowest BCUT2D eigenvalue weighted by Gasteiger charge is -2.12. The third-order valence-corrected chi connectivity index (χ3v) is 4.43. The van der Waals surface area contributed by atoms with E-state index < -0.39 is 11.9 Å². The first-order valence-corrected chi connectivity index (χ1v) is 8.75. The molecule has 6 heteroatoms. The van der Waals surface area contributed by atoms with Gasteiger partial charge in [-0.3, -0.25) is 10.1 Å². The molecule has 6 nitrogen and oxygen atoms in total. The number of fused-ring (bicyclic) bond motifs is 1. The SMILES string of the molecule is COc1cc(/C=C2/NC(=O)NC2=O)ccc1OCc1ccc2ccccc2c1. The van der Waals surface area contributed by atoms with Crippen molar-refractivity contribution < 1.29 is 19.1 Å². The molecular weight excluding hydrogens is 356 g/mol. The number of ether oxygens (including phenoxy) is 2. The second-order valence-corrected chi connectivity index (χ2v) is 6.35. The zero-order valence-corrected chi connectivity index (χ0v) is 15.2. The van der Waals surface area contributed by atoms with E-state index >= 15 is 0 Å². The summed E-state index contributed by atoms with van der Waals surface area (Å²) in [7, 11) is 1.55. The van der Waals surface area contributed by atoms with Gasteiger partial charge in [-0.2, -0.15) is 0 Å². The molecule has 1 heterocycles. The van der Waals surface area contributed by atoms with Gasteiger partial charge in [-0.15, -0.1) is 0 Å². The summed E-state index contributed by atoms with van der Waals surface area (Å²) in [4.78, 5) is 22.8. The fourth-order valence-electron chi connectivity index (χ4n) is 3.03. The van der Waals surface area contributed by atoms with Gasteiger partial charge in [-0.25, -0.2) is 4.79 Å². The second kappa shape index (κ2) is 7.44. The quantitative estimate of drug-likeness (QED) is 0.528. The molecule has 28 heavy (non-hydrogen) atoms. The number of benzene rings is 3. The summed E-state index contributed by atoms with van der Waals surface area (Å²) in [5.74, 6) is 0.679. The van der Waals surface area contributed by atoms with Gasteiger partial charge in [0, 0.05) is 0 Å². The fourth-order valence-corrected chi connectivity index (χ4v) is 3.03. The number of hydrogen-bond acceptors (Lipinski definition) is 4. The first-order chi connectivity index (χ1) is 13.6. The van der Waals surface area contributed by atoms with E-state index in [9.17, 15) is 9.59 Å². The molecule has 3 aromatic carbocycles. The van der Waals surface area contributed by atoms with E-state index in [1.165, 1.54) is 5.39 Å². The van der Waals surface area contributed by atoms with E-state index in [4.69, 9.17) is 9.47 Å². The number of carbonyl (C=O) groups excluding carboxylic acids is 2. The van der Waals surface area contributed by atoms with Crippen molar-refractivity contribution in [3.63, 3.8) is 0 Å². The Morgan fingerprint density at radius 3 is 2.46 bits per heavy atom. The second-order valence-electron chi connectivity index (χ2n) is 6.35. The van der Waals surface area contributed by atoms with Crippen molar-refractivity contribution in [3.8, 4) is 11.5 Å². The summed E-state index contributed by atoms with van der Waals surface area (Å²) >= 11 is 0. The van der Waals surface area contributed by atoms with E-state index in [2.05, 4.69) is 34.9 Å². The topological polar surface area (TPSA) is 76.7 Å². The molecule has 1 saturated heterocycles. The standard InChI is InChI=1S/C22H18N2O4/c1-27-20-12-14(11-18-21(25)24-22(26)23-18)7-9-19(20)28-13-15-6-8-16-4-2-3-5-17(16)10-15/h2-12H,13H2,1H3,(H2,23,24,25,26)/b18-11+. The predicted molar refractivity (Wildman–Crippen MR) is 106 cm³/mol. The molecule has 0 aliphatic carbocycles. The van der Waals surface area contributed by atoms with E-state index in [0.717, 1.165) is 10.9 Å². The molecule has 0 saturated carbocycles. The van der Waals surface area contributed by atoms with Crippen LogP contribution in [0.1, 0.15) is 11.1 Å². The Morgan fingerprint density at radius 2 is 1.71 bits per heavy atom. The van der Waals surface area contributed by atoms with Gasteiger partial charge >= 0.3 is 6.03 Å². The minimum atomic E-state index is -0.529. The molecule has 3 aromatic rings. The van der Waals surface area contributed by atoms with Crippen LogP contribution in [0, 0.1) is 0 Å². The lowest BCUT2D eigenvalue weighted by atomic mass is 10.1. The summed E-state index contributed by atoms with van der Waals surface area (Å²) in [6.07, 6.45) is 1.58. The maximum absolute atomic E-state index is 11.6. The molecule has 0 radical (unpaired) electrons. The molecule has 4 rings (SSSR count). The van der Waals surface area contributed by atoms with Gasteiger partial charge in [0.25, 0.3) is 5.91 Å². The van der Waals surface area contributed by atoms with E-state index in [1.807, 2.05) is 18.2 Å². The zero-order chi connectivity index (χ0) is 19.5. The number of urea groups is 1. The molecule has 140 valence electrons. The minimum absolute atomic E-state index is 0.192. The zero-order valence-electron chi connectivity index (χ0n) is 15.2. The maximum atomic E-state index is 11.6. The van der Waals surface area contributed by atoms with Crippen molar-refractivity contribution in [1.82, 2.24) is 10.6 Å². The van der Waals surface area contributed by atoms with Crippen LogP contribution in [0.4, 0.5) is 4.79 Å². The Morgan fingerprint density at radius 1 is 0.893 bits per heavy atom. The molecule has 1 aliphatic rings. The van der Waals surface area contributed by atoms with Gasteiger partial charge in [0.1, 0.15) is 12.3 Å². The Bertz CT molecular complexity index is 1100. The van der Waals surface area contributed by atoms with Crippen LogP contribution in [-0.4, -0.2) is 19.0 Å². The van der Waals surface area contributed by atoms with Gasteiger partial charge in [0.05, 0.1) is 7.11 Å². The van der Waals surface area contributed by atoms with Crippen molar-refractivity contribution in [3.05, 3.63) is 77.5 Å². The van der Waals surface area contributed by atoms with Gasteiger partial charge in [-0.05, 0) is 46.2 Å². The number of nitrogens with one attached hydrogen (secondary N) is 2. The molecular formula is C22H18N2O4. The van der Waals surface area contributed by atoms with Crippen molar-refractivity contribution in [2.75, 3.05) is 7.11 Å². The first-order valence-electron chi connectivity index (χ1n) is 8.75. The highest BCUT2D eigenvalue weighted by molar-refractivity contribution is 6.14. The smallest absolute Gasteiger partial charge is 0.326 e. The average Bonchev–Trinajstić information content (AvgIpc) is 3.03. The molecule has 1 aliphatic heterocycles. The molecule has 1 fully saturated rings. The van der Waals surface area contributed by atoms with E-state index in [0.29, 0.717) is 23.7 Å². The van der Waals surface area contributed by atoms with Crippen molar-refractivity contribution >= 4 is 28.8 Å². The minimum Gasteiger partial charge on any atom is -0.493 e. The third kappa shape index (κ3) is 3.66. The highest BCUT2D eigenvalue weighted by atomic mass is 16.5. The number of hydrogen-bond donors (Lipinski definition) is 2. The van der Waals surface area contributed by atoms with Crippen LogP contribution in [0.2, 0.25) is 0 Å². The van der Waals surface area contributed by atoms with Crippen LogP contribution in [-0.2, 0) is 11.4 Å². The Labute approximate surface area is 161 Å². The highest BCUT2D eigenvalue weighted by Crippen LogP contribution is 2.30. The summed E-state index contributed by atoms with van der Waals surface area (Å²) in [6, 6.07) is 19.2. The maximum Gasteiger partial charge on any atom is 0.326 e. The van der Waals surface area contributed by atoms with Crippen LogP contribution in [0.15, 0.2) is 66.4 Å². The van der Waals surface area contributed by atoms with Crippen LogP contribution < -0.4 is 20.1 Å². The Kier molecular flexibility index (Phi) is 4.68. The lowest BCUT2D eigenvalue weighted by Crippen LogP contribution is -2.22. The van der Waals surface area contributed by atoms with Crippen LogP contribution in [0.25, 0.3) is 16.8 Å². The van der Waals surface area contributed by atoms with Gasteiger partial charge in [0.15, 0.2) is 11.5 Å². The lowest BCUT2D eigenvalue weighted by molar-refractivity contribution is -0.115. The van der Waals surface area contributed by atoms with Gasteiger partial charge in [-0.1, -0.05) is 42.5 Å². The molecule has 3 amide bonds. The largest absolute Gasteiger partial charge is 0.493 e. The summed E-state index contributed by atoms with van der Waals surface area (Å²) < 4.78 is 11.3. The monoisotopic (exact) mass is 374 g/mol. The van der Waals surface area contributed by atoms with Crippen molar-refractivity contribution in [1.29, 1.82) is 0 Å². The Hall–Kier alpha value is -3.80. The van der Waals surface area contributed by atoms with Crippen LogP contribution in [0.5, 0.6) is 11.5 Å². The number of methoxy groups -OCH3 is 1. The number of amides is 3. The molecule has 0 aromatic heterocycles. The summed E-state index contributed by atoms with van der Waals surface area (Å²) in [5.41, 5.74) is 1.96. The van der Waals surface area contributed by atoms with Gasteiger partial charge < -0.3 is 14.8 Å². The Balaban J connectivity index is 1.52. The van der Waals surface area contributed by atoms with E-state index in [-0.39, 0.29) is 5.70 Å². The summed E-state index contributed by atoms with van der Waals surface area (Å²) in [5, 5.41) is 6.97. The average molecular weight is 374 g/mol. The first kappa shape index (κ1) is 17.6. The predicted octanol–water partition coefficient (Wildman–Crippen LogP) is 3.61. The number of imide groups is 1. The van der Waals surface area contributed by atoms with Crippen molar-refractivity contribution in [2.24, 2.45) is 0 Å². The summed E-state index contributed by atoms with van der Waals surface area (Å²) in [6.45, 7) is 0.403. The van der Waals surface area contributed by atoms with Gasteiger partial charge in [0.2, 0.25) is 0 Å². The molecule has 0 unspecified atom stereocenters. The third-order valence-electron chi connectivity index (χ3n) is 4.43. The highest BCUT2D eigenvalue weighted by Gasteiger charge is 2.22. The van der Waals surface area contributed by atoms with Crippen molar-refractivity contribution in [2.45, 2.75) is 6.61 Å². The number of rotatable bonds is 5. The normalized spacial score (nSPS) is 14.8.